The number of halogens is 1. The van der Waals surface area contributed by atoms with Crippen LogP contribution < -0.4 is 4.90 Å². The summed E-state index contributed by atoms with van der Waals surface area (Å²) in [5, 5.41) is 0.688. The van der Waals surface area contributed by atoms with Crippen LogP contribution in [0.5, 0.6) is 0 Å². The molecule has 126 valence electrons. The highest BCUT2D eigenvalue weighted by atomic mass is 35.5. The number of hydrogen-bond donors (Lipinski definition) is 0. The minimum atomic E-state index is -0.139. The summed E-state index contributed by atoms with van der Waals surface area (Å²) in [5.74, 6) is 0.658. The number of carbonyl (C=O) groups excluding carboxylic acids is 1. The summed E-state index contributed by atoms with van der Waals surface area (Å²) in [4.78, 5) is 20.9. The van der Waals surface area contributed by atoms with Crippen LogP contribution >= 0.6 is 11.6 Å². The number of aromatic nitrogens is 1. The molecule has 2 heterocycles. The van der Waals surface area contributed by atoms with Crippen LogP contribution in [0.25, 0.3) is 0 Å². The number of pyridine rings is 1. The Kier molecular flexibility index (Phi) is 5.02. The van der Waals surface area contributed by atoms with E-state index in [4.69, 9.17) is 16.3 Å². The van der Waals surface area contributed by atoms with E-state index in [1.807, 2.05) is 54.2 Å². The molecule has 1 aliphatic rings. The summed E-state index contributed by atoms with van der Waals surface area (Å²) in [6.45, 7) is 1.60. The van der Waals surface area contributed by atoms with Crippen molar-refractivity contribution in [1.29, 1.82) is 0 Å². The van der Waals surface area contributed by atoms with E-state index in [-0.39, 0.29) is 12.0 Å². The second-order valence-electron chi connectivity index (χ2n) is 5.93. The first kappa shape index (κ1) is 16.7. The third-order valence-corrected chi connectivity index (χ3v) is 4.29. The lowest BCUT2D eigenvalue weighted by atomic mass is 10.1. The van der Waals surface area contributed by atoms with Crippen molar-refractivity contribution in [1.82, 2.24) is 9.88 Å². The highest BCUT2D eigenvalue weighted by Crippen LogP contribution is 2.26. The number of anilines is 1. The Bertz CT molecular complexity index is 718. The van der Waals surface area contributed by atoms with Crippen LogP contribution in [-0.4, -0.2) is 49.6 Å². The molecule has 2 aromatic rings. The Morgan fingerprint density at radius 2 is 2.04 bits per heavy atom. The fraction of sp³-hybridized carbons (Fsp3) is 0.333. The topological polar surface area (TPSA) is 45.7 Å². The van der Waals surface area contributed by atoms with Gasteiger partial charge in [-0.05, 0) is 29.8 Å². The highest BCUT2D eigenvalue weighted by Gasteiger charge is 2.27. The molecule has 1 aromatic carbocycles. The first-order chi connectivity index (χ1) is 11.6. The lowest BCUT2D eigenvalue weighted by Crippen LogP contribution is -2.42. The quantitative estimate of drug-likeness (QED) is 0.858. The van der Waals surface area contributed by atoms with E-state index in [2.05, 4.69) is 4.98 Å². The van der Waals surface area contributed by atoms with Crippen molar-refractivity contribution >= 4 is 23.3 Å². The summed E-state index contributed by atoms with van der Waals surface area (Å²) in [6.07, 6.45) is 1.56. The summed E-state index contributed by atoms with van der Waals surface area (Å²) in [7, 11) is 3.77. The zero-order valence-corrected chi connectivity index (χ0v) is 14.5. The van der Waals surface area contributed by atoms with Crippen molar-refractivity contribution in [2.75, 3.05) is 38.7 Å². The zero-order valence-electron chi connectivity index (χ0n) is 13.8. The maximum Gasteiger partial charge on any atom is 0.257 e. The molecule has 1 amide bonds. The summed E-state index contributed by atoms with van der Waals surface area (Å²) in [6, 6.07) is 11.2. The molecule has 1 aliphatic heterocycles. The number of ether oxygens (including phenoxy) is 1. The van der Waals surface area contributed by atoms with Gasteiger partial charge in [-0.25, -0.2) is 4.98 Å². The molecule has 1 atom stereocenters. The van der Waals surface area contributed by atoms with Gasteiger partial charge >= 0.3 is 0 Å². The van der Waals surface area contributed by atoms with Crippen molar-refractivity contribution < 1.29 is 9.53 Å². The second kappa shape index (κ2) is 7.20. The predicted octanol–water partition coefficient (Wildman–Crippen LogP) is 3.01. The van der Waals surface area contributed by atoms with Crippen LogP contribution in [0.3, 0.4) is 0 Å². The van der Waals surface area contributed by atoms with Gasteiger partial charge in [0.1, 0.15) is 11.9 Å². The third kappa shape index (κ3) is 3.52. The molecule has 0 N–H and O–H groups in total. The van der Waals surface area contributed by atoms with Gasteiger partial charge in [-0.3, -0.25) is 4.79 Å². The fourth-order valence-corrected chi connectivity index (χ4v) is 2.93. The molecule has 0 spiro atoms. The molecule has 24 heavy (non-hydrogen) atoms. The van der Waals surface area contributed by atoms with Gasteiger partial charge in [-0.1, -0.05) is 23.7 Å². The summed E-state index contributed by atoms with van der Waals surface area (Å²) >= 11 is 5.94. The predicted molar refractivity (Wildman–Crippen MR) is 94.6 cm³/mol. The molecule has 3 rings (SSSR count). The van der Waals surface area contributed by atoms with Crippen molar-refractivity contribution in [2.24, 2.45) is 0 Å². The van der Waals surface area contributed by atoms with Gasteiger partial charge in [0.25, 0.3) is 5.91 Å². The first-order valence-electron chi connectivity index (χ1n) is 7.85. The average Bonchev–Trinajstić information content (AvgIpc) is 2.62. The fourth-order valence-electron chi connectivity index (χ4n) is 2.80. The minimum absolute atomic E-state index is 0.0194. The van der Waals surface area contributed by atoms with Crippen LogP contribution in [0.15, 0.2) is 42.6 Å². The largest absolute Gasteiger partial charge is 0.370 e. The number of rotatable bonds is 3. The average molecular weight is 346 g/mol. The van der Waals surface area contributed by atoms with Gasteiger partial charge in [0.15, 0.2) is 0 Å². The van der Waals surface area contributed by atoms with Crippen LogP contribution in [0.1, 0.15) is 22.0 Å². The van der Waals surface area contributed by atoms with E-state index in [1.165, 1.54) is 0 Å². The maximum absolute atomic E-state index is 12.9. The van der Waals surface area contributed by atoms with E-state index in [0.717, 1.165) is 5.56 Å². The molecule has 1 fully saturated rings. The van der Waals surface area contributed by atoms with E-state index < -0.39 is 0 Å². The van der Waals surface area contributed by atoms with Crippen LogP contribution in [0, 0.1) is 0 Å². The molecule has 1 saturated heterocycles. The van der Waals surface area contributed by atoms with Gasteiger partial charge in [0.2, 0.25) is 0 Å². The Balaban J connectivity index is 1.80. The first-order valence-corrected chi connectivity index (χ1v) is 8.22. The number of nitrogens with zero attached hydrogens (tertiary/aromatic N) is 3. The van der Waals surface area contributed by atoms with Crippen molar-refractivity contribution in [3.8, 4) is 0 Å². The summed E-state index contributed by atoms with van der Waals surface area (Å²) in [5.41, 5.74) is 1.63. The van der Waals surface area contributed by atoms with Gasteiger partial charge < -0.3 is 14.5 Å². The van der Waals surface area contributed by atoms with Crippen LogP contribution in [0.4, 0.5) is 5.82 Å². The number of hydrogen-bond acceptors (Lipinski definition) is 4. The Morgan fingerprint density at radius 3 is 2.75 bits per heavy atom. The molecule has 0 aliphatic carbocycles. The van der Waals surface area contributed by atoms with Gasteiger partial charge in [0, 0.05) is 31.9 Å². The van der Waals surface area contributed by atoms with Crippen LogP contribution in [-0.2, 0) is 4.74 Å². The van der Waals surface area contributed by atoms with Crippen molar-refractivity contribution in [3.63, 3.8) is 0 Å². The highest BCUT2D eigenvalue weighted by molar-refractivity contribution is 6.30. The van der Waals surface area contributed by atoms with Gasteiger partial charge in [-0.15, -0.1) is 0 Å². The molecule has 0 bridgehead atoms. The second-order valence-corrected chi connectivity index (χ2v) is 6.37. The molecule has 5 nitrogen and oxygen atoms in total. The Hall–Kier alpha value is -2.11. The van der Waals surface area contributed by atoms with Crippen molar-refractivity contribution in [2.45, 2.75) is 6.10 Å². The Labute approximate surface area is 146 Å². The number of amides is 1. The van der Waals surface area contributed by atoms with E-state index >= 15 is 0 Å². The number of carbonyl (C=O) groups is 1. The van der Waals surface area contributed by atoms with E-state index in [9.17, 15) is 4.79 Å². The number of benzene rings is 1. The normalized spacial score (nSPS) is 17.6. The Morgan fingerprint density at radius 1 is 1.29 bits per heavy atom. The molecule has 6 heteroatoms. The van der Waals surface area contributed by atoms with Crippen molar-refractivity contribution in [3.05, 3.63) is 58.7 Å². The zero-order chi connectivity index (χ0) is 17.1. The monoisotopic (exact) mass is 345 g/mol. The smallest absolute Gasteiger partial charge is 0.257 e. The summed E-state index contributed by atoms with van der Waals surface area (Å²) < 4.78 is 5.83. The number of morpholine rings is 1. The molecular formula is C18H20ClN3O2. The molecule has 0 radical (unpaired) electrons. The minimum Gasteiger partial charge on any atom is -0.370 e. The molecule has 0 saturated carbocycles. The lowest BCUT2D eigenvalue weighted by molar-refractivity contribution is -0.0228. The van der Waals surface area contributed by atoms with E-state index in [0.29, 0.717) is 36.1 Å². The lowest BCUT2D eigenvalue weighted by Gasteiger charge is -2.33. The molecule has 0 unspecified atom stereocenters. The van der Waals surface area contributed by atoms with Gasteiger partial charge in [0.05, 0.1) is 18.7 Å². The molecular weight excluding hydrogens is 326 g/mol. The van der Waals surface area contributed by atoms with Gasteiger partial charge in [-0.2, -0.15) is 0 Å². The maximum atomic E-state index is 12.9. The SMILES string of the molecule is CN(C)c1ncccc1C(=O)N1CCO[C@H](c2ccc(Cl)cc2)C1. The van der Waals surface area contributed by atoms with Crippen LogP contribution in [0.2, 0.25) is 5.02 Å². The van der Waals surface area contributed by atoms with E-state index in [1.54, 1.807) is 12.3 Å². The standard InChI is InChI=1S/C18H20ClN3O2/c1-21(2)17-15(4-3-9-20-17)18(23)22-10-11-24-16(12-22)13-5-7-14(19)8-6-13/h3-9,16H,10-12H2,1-2H3/t16-/m0/s1. The molecule has 1 aromatic heterocycles. The third-order valence-electron chi connectivity index (χ3n) is 4.04.